The number of rotatable bonds is 2. The van der Waals surface area contributed by atoms with Crippen molar-refractivity contribution in [2.75, 3.05) is 13.7 Å². The Morgan fingerprint density at radius 3 is 3.06 bits per heavy atom. The van der Waals surface area contributed by atoms with E-state index in [1.807, 2.05) is 30.3 Å². The molecule has 1 aromatic heterocycles. The maximum Gasteiger partial charge on any atom is 0.270 e. The first-order valence-electron chi connectivity index (χ1n) is 5.68. The molecule has 0 saturated heterocycles. The Bertz CT molecular complexity index is 758. The number of hydrogen-bond acceptors (Lipinski definition) is 4. The summed E-state index contributed by atoms with van der Waals surface area (Å²) in [6, 6.07) is 7.66. The van der Waals surface area contributed by atoms with Gasteiger partial charge in [-0.3, -0.25) is 14.4 Å². The summed E-state index contributed by atoms with van der Waals surface area (Å²) >= 11 is 1.44. The molecule has 3 rings (SSSR count). The fourth-order valence-corrected chi connectivity index (χ4v) is 3.02. The van der Waals surface area contributed by atoms with Crippen LogP contribution in [0.3, 0.4) is 0 Å². The summed E-state index contributed by atoms with van der Waals surface area (Å²) in [6.07, 6.45) is 1.87. The minimum absolute atomic E-state index is 0.0437. The molecular formula is C13H12N2O2S. The fourth-order valence-electron chi connectivity index (χ4n) is 2.00. The van der Waals surface area contributed by atoms with E-state index in [1.54, 1.807) is 11.7 Å². The number of methoxy groups -OCH3 is 1. The predicted molar refractivity (Wildman–Crippen MR) is 70.8 cm³/mol. The maximum absolute atomic E-state index is 12.1. The average molecular weight is 260 g/mol. The van der Waals surface area contributed by atoms with E-state index in [2.05, 4.69) is 4.99 Å². The molecule has 0 fully saturated rings. The standard InChI is InChI=1S/C13H12N2O2S/c1-17-10-5-3-2-4-9(10)8-11-12(16)15-7-6-14-13(15)18-11/h2-5,8H,6-7H2,1H3/b11-8-. The van der Waals surface area contributed by atoms with Crippen LogP contribution in [0.25, 0.3) is 6.08 Å². The quantitative estimate of drug-likeness (QED) is 0.783. The minimum atomic E-state index is 0.0437. The Hall–Kier alpha value is -1.88. The van der Waals surface area contributed by atoms with E-state index in [0.29, 0.717) is 11.1 Å². The number of benzene rings is 1. The van der Waals surface area contributed by atoms with Crippen molar-refractivity contribution in [2.24, 2.45) is 4.99 Å². The number of hydrogen-bond donors (Lipinski definition) is 0. The van der Waals surface area contributed by atoms with Gasteiger partial charge in [-0.15, -0.1) is 0 Å². The first kappa shape index (κ1) is 11.2. The number of para-hydroxylation sites is 1. The van der Waals surface area contributed by atoms with Crippen molar-refractivity contribution < 1.29 is 4.74 Å². The zero-order valence-corrected chi connectivity index (χ0v) is 10.7. The molecule has 0 bridgehead atoms. The van der Waals surface area contributed by atoms with Crippen LogP contribution in [0.2, 0.25) is 0 Å². The van der Waals surface area contributed by atoms with E-state index < -0.39 is 0 Å². The maximum atomic E-state index is 12.1. The third-order valence-corrected chi connectivity index (χ3v) is 3.93. The van der Waals surface area contributed by atoms with Crippen LogP contribution in [-0.4, -0.2) is 18.2 Å². The second-order valence-electron chi connectivity index (χ2n) is 3.97. The summed E-state index contributed by atoms with van der Waals surface area (Å²) < 4.78 is 7.71. The SMILES string of the molecule is COc1ccccc1/C=c1\sc2n(c1=O)CCN=2. The van der Waals surface area contributed by atoms with Crippen LogP contribution >= 0.6 is 11.3 Å². The van der Waals surface area contributed by atoms with Crippen LogP contribution in [0.1, 0.15) is 5.56 Å². The molecule has 0 spiro atoms. The highest BCUT2D eigenvalue weighted by Gasteiger charge is 2.09. The van der Waals surface area contributed by atoms with Crippen molar-refractivity contribution in [1.82, 2.24) is 4.57 Å². The molecule has 0 unspecified atom stereocenters. The Balaban J connectivity index is 2.21. The second kappa shape index (κ2) is 4.42. The van der Waals surface area contributed by atoms with E-state index in [0.717, 1.165) is 22.7 Å². The van der Waals surface area contributed by atoms with E-state index >= 15 is 0 Å². The Morgan fingerprint density at radius 2 is 2.28 bits per heavy atom. The molecule has 0 saturated carbocycles. The van der Waals surface area contributed by atoms with Gasteiger partial charge >= 0.3 is 0 Å². The number of thiazole rings is 1. The smallest absolute Gasteiger partial charge is 0.270 e. The molecule has 1 aliphatic rings. The summed E-state index contributed by atoms with van der Waals surface area (Å²) in [6.45, 7) is 1.42. The topological polar surface area (TPSA) is 43.6 Å². The minimum Gasteiger partial charge on any atom is -0.496 e. The number of ether oxygens (including phenoxy) is 1. The Morgan fingerprint density at radius 1 is 1.44 bits per heavy atom. The van der Waals surface area contributed by atoms with E-state index in [9.17, 15) is 4.79 Å². The monoisotopic (exact) mass is 260 g/mol. The molecule has 2 aromatic rings. The molecule has 0 radical (unpaired) electrons. The van der Waals surface area contributed by atoms with Crippen molar-refractivity contribution in [2.45, 2.75) is 6.54 Å². The molecule has 1 aliphatic heterocycles. The highest BCUT2D eigenvalue weighted by Crippen LogP contribution is 2.17. The highest BCUT2D eigenvalue weighted by molar-refractivity contribution is 7.07. The number of aromatic nitrogens is 1. The third kappa shape index (κ3) is 1.76. The number of nitrogens with zero attached hydrogens (tertiary/aromatic N) is 2. The van der Waals surface area contributed by atoms with Crippen LogP contribution in [0.4, 0.5) is 0 Å². The molecule has 5 heteroatoms. The molecule has 0 aliphatic carbocycles. The lowest BCUT2D eigenvalue weighted by molar-refractivity contribution is 0.414. The van der Waals surface area contributed by atoms with E-state index in [1.165, 1.54) is 11.3 Å². The first-order valence-corrected chi connectivity index (χ1v) is 6.50. The van der Waals surface area contributed by atoms with Gasteiger partial charge in [0.15, 0.2) is 4.80 Å². The molecule has 2 heterocycles. The fraction of sp³-hybridized carbons (Fsp3) is 0.231. The van der Waals surface area contributed by atoms with Gasteiger partial charge in [-0.2, -0.15) is 0 Å². The normalized spacial score (nSPS) is 14.4. The zero-order chi connectivity index (χ0) is 12.5. The molecule has 4 nitrogen and oxygen atoms in total. The van der Waals surface area contributed by atoms with E-state index in [4.69, 9.17) is 4.74 Å². The Kier molecular flexibility index (Phi) is 2.76. The van der Waals surface area contributed by atoms with Gasteiger partial charge in [-0.25, -0.2) is 0 Å². The van der Waals surface area contributed by atoms with Crippen molar-refractivity contribution in [3.8, 4) is 5.75 Å². The summed E-state index contributed by atoms with van der Waals surface area (Å²) in [5.41, 5.74) is 0.958. The lowest BCUT2D eigenvalue weighted by Gasteiger charge is -2.02. The number of fused-ring (bicyclic) bond motifs is 1. The van der Waals surface area contributed by atoms with Gasteiger partial charge in [-0.05, 0) is 12.1 Å². The van der Waals surface area contributed by atoms with Crippen LogP contribution in [0, 0.1) is 0 Å². The predicted octanol–water partition coefficient (Wildman–Crippen LogP) is 0.380. The van der Waals surface area contributed by atoms with Gasteiger partial charge < -0.3 is 4.74 Å². The molecular weight excluding hydrogens is 248 g/mol. The molecule has 0 amide bonds. The van der Waals surface area contributed by atoms with Gasteiger partial charge in [0.2, 0.25) is 0 Å². The zero-order valence-electron chi connectivity index (χ0n) is 9.92. The van der Waals surface area contributed by atoms with Gasteiger partial charge in [0.1, 0.15) is 5.75 Å². The average Bonchev–Trinajstić information content (AvgIpc) is 2.95. The van der Waals surface area contributed by atoms with Crippen LogP contribution in [0.15, 0.2) is 34.1 Å². The molecule has 1 aromatic carbocycles. The van der Waals surface area contributed by atoms with Crippen LogP contribution in [0.5, 0.6) is 5.75 Å². The van der Waals surface area contributed by atoms with Crippen LogP contribution < -0.4 is 19.6 Å². The summed E-state index contributed by atoms with van der Waals surface area (Å²) in [5.74, 6) is 0.771. The highest BCUT2D eigenvalue weighted by atomic mass is 32.1. The summed E-state index contributed by atoms with van der Waals surface area (Å²) in [4.78, 5) is 17.2. The van der Waals surface area contributed by atoms with Crippen molar-refractivity contribution in [3.63, 3.8) is 0 Å². The van der Waals surface area contributed by atoms with Gasteiger partial charge in [0, 0.05) is 12.1 Å². The van der Waals surface area contributed by atoms with Crippen molar-refractivity contribution >= 4 is 17.4 Å². The Labute approximate surface area is 107 Å². The first-order chi connectivity index (χ1) is 8.79. The second-order valence-corrected chi connectivity index (χ2v) is 4.98. The summed E-state index contributed by atoms with van der Waals surface area (Å²) in [5, 5.41) is 0. The van der Waals surface area contributed by atoms with Gasteiger partial charge in [0.05, 0.1) is 18.2 Å². The molecule has 0 N–H and O–H groups in total. The van der Waals surface area contributed by atoms with Crippen molar-refractivity contribution in [1.29, 1.82) is 0 Å². The third-order valence-electron chi connectivity index (χ3n) is 2.88. The molecule has 92 valence electrons. The summed E-state index contributed by atoms with van der Waals surface area (Å²) in [7, 11) is 1.63. The van der Waals surface area contributed by atoms with Gasteiger partial charge in [0.25, 0.3) is 5.56 Å². The molecule has 18 heavy (non-hydrogen) atoms. The van der Waals surface area contributed by atoms with Gasteiger partial charge in [-0.1, -0.05) is 29.5 Å². The largest absolute Gasteiger partial charge is 0.496 e. The van der Waals surface area contributed by atoms with E-state index in [-0.39, 0.29) is 5.56 Å². The molecule has 0 atom stereocenters. The lowest BCUT2D eigenvalue weighted by Crippen LogP contribution is -2.29. The van der Waals surface area contributed by atoms with Crippen molar-refractivity contribution in [3.05, 3.63) is 49.5 Å². The lowest BCUT2D eigenvalue weighted by atomic mass is 10.2. The van der Waals surface area contributed by atoms with Crippen LogP contribution in [-0.2, 0) is 6.54 Å².